The average Bonchev–Trinajstić information content (AvgIpc) is 2.90. The molecule has 2 atom stereocenters. The van der Waals surface area contributed by atoms with E-state index in [1.54, 1.807) is 6.07 Å². The molecule has 7 heteroatoms. The first-order valence-corrected chi connectivity index (χ1v) is 8.01. The fourth-order valence-corrected chi connectivity index (χ4v) is 2.70. The predicted molar refractivity (Wildman–Crippen MR) is 85.8 cm³/mol. The van der Waals surface area contributed by atoms with Crippen molar-refractivity contribution < 1.29 is 19.1 Å². The number of carbonyl (C=O) groups is 2. The van der Waals surface area contributed by atoms with Crippen LogP contribution < -0.4 is 10.2 Å². The highest BCUT2D eigenvalue weighted by Crippen LogP contribution is 2.28. The van der Waals surface area contributed by atoms with Crippen molar-refractivity contribution in [1.29, 1.82) is 0 Å². The number of anilines is 1. The highest BCUT2D eigenvalue weighted by molar-refractivity contribution is 6.30. The molecule has 0 aromatic heterocycles. The van der Waals surface area contributed by atoms with Gasteiger partial charge in [0.2, 0.25) is 11.8 Å². The molecule has 2 unspecified atom stereocenters. The van der Waals surface area contributed by atoms with Crippen molar-refractivity contribution in [2.75, 3.05) is 18.0 Å². The monoisotopic (exact) mass is 342 g/mol. The summed E-state index contributed by atoms with van der Waals surface area (Å²) in [5.74, 6) is -1.62. The van der Waals surface area contributed by atoms with Gasteiger partial charge in [-0.15, -0.1) is 0 Å². The normalized spacial score (nSPS) is 19.0. The highest BCUT2D eigenvalue weighted by Gasteiger charge is 2.35. The lowest BCUT2D eigenvalue weighted by Gasteiger charge is -2.17. The van der Waals surface area contributed by atoms with Crippen LogP contribution >= 0.6 is 11.6 Å². The zero-order chi connectivity index (χ0) is 17.0. The van der Waals surface area contributed by atoms with E-state index >= 15 is 0 Å². The number of hydrogen-bond donors (Lipinski definition) is 2. The minimum Gasteiger partial charge on any atom is -0.391 e. The van der Waals surface area contributed by atoms with E-state index in [0.29, 0.717) is 12.1 Å². The van der Waals surface area contributed by atoms with E-state index in [1.165, 1.54) is 17.0 Å². The molecule has 2 N–H and O–H groups in total. The van der Waals surface area contributed by atoms with Crippen LogP contribution in [0.25, 0.3) is 0 Å². The zero-order valence-corrected chi connectivity index (χ0v) is 13.6. The van der Waals surface area contributed by atoms with Crippen LogP contribution in [0.4, 0.5) is 10.1 Å². The molecule has 1 heterocycles. The molecule has 1 saturated heterocycles. The van der Waals surface area contributed by atoms with Crippen molar-refractivity contribution in [3.05, 3.63) is 29.0 Å². The summed E-state index contributed by atoms with van der Waals surface area (Å²) < 4.78 is 13.5. The van der Waals surface area contributed by atoms with Gasteiger partial charge in [-0.25, -0.2) is 4.39 Å². The summed E-state index contributed by atoms with van der Waals surface area (Å²) in [6.45, 7) is 2.31. The molecule has 0 spiro atoms. The minimum atomic E-state index is -0.604. The number of nitrogens with zero attached hydrogens (tertiary/aromatic N) is 1. The molecule has 0 aliphatic carbocycles. The molecule has 1 aromatic rings. The van der Waals surface area contributed by atoms with Gasteiger partial charge in [0, 0.05) is 25.2 Å². The molecule has 1 fully saturated rings. The second kappa shape index (κ2) is 7.75. The first kappa shape index (κ1) is 17.7. The van der Waals surface area contributed by atoms with E-state index in [9.17, 15) is 19.1 Å². The Morgan fingerprint density at radius 3 is 2.96 bits per heavy atom. The summed E-state index contributed by atoms with van der Waals surface area (Å²) in [6, 6.07) is 4.12. The van der Waals surface area contributed by atoms with E-state index < -0.39 is 17.8 Å². The topological polar surface area (TPSA) is 69.6 Å². The molecule has 126 valence electrons. The highest BCUT2D eigenvalue weighted by atomic mass is 35.5. The Morgan fingerprint density at radius 1 is 1.57 bits per heavy atom. The Hall–Kier alpha value is -1.66. The lowest BCUT2D eigenvalue weighted by Crippen LogP contribution is -2.37. The third-order valence-electron chi connectivity index (χ3n) is 3.84. The Morgan fingerprint density at radius 2 is 2.30 bits per heavy atom. The van der Waals surface area contributed by atoms with Crippen LogP contribution in [0.2, 0.25) is 5.02 Å². The first-order valence-electron chi connectivity index (χ1n) is 7.63. The van der Waals surface area contributed by atoms with Crippen LogP contribution in [0, 0.1) is 11.7 Å². The van der Waals surface area contributed by atoms with Crippen molar-refractivity contribution in [2.45, 2.75) is 32.3 Å². The number of nitrogens with one attached hydrogen (secondary N) is 1. The fourth-order valence-electron chi connectivity index (χ4n) is 2.58. The maximum Gasteiger partial charge on any atom is 0.227 e. The molecular weight excluding hydrogens is 323 g/mol. The molecular formula is C16H20ClFN2O3. The van der Waals surface area contributed by atoms with Crippen LogP contribution in [-0.4, -0.2) is 36.1 Å². The Bertz CT molecular complexity index is 597. The molecule has 5 nitrogen and oxygen atoms in total. The van der Waals surface area contributed by atoms with E-state index in [0.717, 1.165) is 6.42 Å². The van der Waals surface area contributed by atoms with Gasteiger partial charge in [0.15, 0.2) is 0 Å². The van der Waals surface area contributed by atoms with Crippen LogP contribution in [0.5, 0.6) is 0 Å². The lowest BCUT2D eigenvalue weighted by molar-refractivity contribution is -0.126. The Kier molecular flexibility index (Phi) is 5.96. The first-order chi connectivity index (χ1) is 10.9. The van der Waals surface area contributed by atoms with Crippen molar-refractivity contribution in [3.63, 3.8) is 0 Å². The molecule has 23 heavy (non-hydrogen) atoms. The summed E-state index contributed by atoms with van der Waals surface area (Å²) in [5.41, 5.74) is 0.387. The third-order valence-corrected chi connectivity index (χ3v) is 4.15. The Labute approximate surface area is 139 Å². The maximum absolute atomic E-state index is 13.5. The van der Waals surface area contributed by atoms with Gasteiger partial charge in [0.25, 0.3) is 0 Å². The number of hydrogen-bond acceptors (Lipinski definition) is 3. The average molecular weight is 343 g/mol. The third kappa shape index (κ3) is 4.42. The number of benzene rings is 1. The van der Waals surface area contributed by atoms with Gasteiger partial charge in [0.1, 0.15) is 5.82 Å². The molecule has 0 saturated carbocycles. The molecule has 1 aromatic carbocycles. The Balaban J connectivity index is 1.96. The number of halogens is 2. The summed E-state index contributed by atoms with van der Waals surface area (Å²) >= 11 is 5.63. The number of aliphatic hydroxyl groups is 1. The number of amides is 2. The van der Waals surface area contributed by atoms with Crippen LogP contribution in [0.3, 0.4) is 0 Å². The number of aliphatic hydroxyl groups excluding tert-OH is 1. The van der Waals surface area contributed by atoms with E-state index in [2.05, 4.69) is 5.32 Å². The predicted octanol–water partition coefficient (Wildman–Crippen LogP) is 2.11. The summed E-state index contributed by atoms with van der Waals surface area (Å²) in [4.78, 5) is 25.5. The maximum atomic E-state index is 13.5. The van der Waals surface area contributed by atoms with Crippen LogP contribution in [0.15, 0.2) is 18.2 Å². The molecule has 0 bridgehead atoms. The van der Waals surface area contributed by atoms with Gasteiger partial charge in [-0.1, -0.05) is 24.9 Å². The quantitative estimate of drug-likeness (QED) is 0.832. The van der Waals surface area contributed by atoms with Gasteiger partial charge in [-0.2, -0.15) is 0 Å². The second-order valence-electron chi connectivity index (χ2n) is 5.69. The fraction of sp³-hybridized carbons (Fsp3) is 0.500. The van der Waals surface area contributed by atoms with Crippen molar-refractivity contribution in [2.24, 2.45) is 5.92 Å². The molecule has 1 aliphatic heterocycles. The van der Waals surface area contributed by atoms with E-state index in [4.69, 9.17) is 11.6 Å². The second-order valence-corrected chi connectivity index (χ2v) is 6.10. The van der Waals surface area contributed by atoms with Crippen LogP contribution in [-0.2, 0) is 9.59 Å². The molecule has 2 amide bonds. The standard InChI is InChI=1S/C16H20ClFN2O3/c1-2-3-12(21)8-19-16(23)10-6-15(22)20(9-10)11-4-5-13(17)14(18)7-11/h4-5,7,10,12,21H,2-3,6,8-9H2,1H3,(H,19,23). The van der Waals surface area contributed by atoms with Gasteiger partial charge in [0.05, 0.1) is 17.0 Å². The van der Waals surface area contributed by atoms with Gasteiger partial charge in [-0.05, 0) is 24.6 Å². The van der Waals surface area contributed by atoms with Gasteiger partial charge in [-0.3, -0.25) is 9.59 Å². The largest absolute Gasteiger partial charge is 0.391 e. The minimum absolute atomic E-state index is 0.0143. The van der Waals surface area contributed by atoms with E-state index in [-0.39, 0.29) is 36.3 Å². The molecule has 2 rings (SSSR count). The van der Waals surface area contributed by atoms with Crippen LogP contribution in [0.1, 0.15) is 26.2 Å². The number of rotatable bonds is 6. The van der Waals surface area contributed by atoms with Gasteiger partial charge >= 0.3 is 0 Å². The SMILES string of the molecule is CCCC(O)CNC(=O)C1CC(=O)N(c2ccc(Cl)c(F)c2)C1. The lowest BCUT2D eigenvalue weighted by atomic mass is 10.1. The van der Waals surface area contributed by atoms with E-state index in [1.807, 2.05) is 6.92 Å². The smallest absolute Gasteiger partial charge is 0.227 e. The van der Waals surface area contributed by atoms with Crippen molar-refractivity contribution in [3.8, 4) is 0 Å². The molecule has 1 aliphatic rings. The van der Waals surface area contributed by atoms with Crippen molar-refractivity contribution in [1.82, 2.24) is 5.32 Å². The summed E-state index contributed by atoms with van der Waals surface area (Å²) in [5, 5.41) is 12.3. The molecule has 0 radical (unpaired) electrons. The summed E-state index contributed by atoms with van der Waals surface area (Å²) in [7, 11) is 0. The summed E-state index contributed by atoms with van der Waals surface area (Å²) in [6.07, 6.45) is 0.928. The zero-order valence-electron chi connectivity index (χ0n) is 12.9. The number of carbonyl (C=O) groups excluding carboxylic acids is 2. The van der Waals surface area contributed by atoms with Gasteiger partial charge < -0.3 is 15.3 Å². The van der Waals surface area contributed by atoms with Crippen molar-refractivity contribution >= 4 is 29.1 Å².